The number of rotatable bonds is 7. The highest BCUT2D eigenvalue weighted by molar-refractivity contribution is 5.85. The molecule has 0 radical (unpaired) electrons. The monoisotopic (exact) mass is 395 g/mol. The minimum Gasteiger partial charge on any atom is -0.480 e. The van der Waals surface area contributed by atoms with Gasteiger partial charge in [0.1, 0.15) is 6.04 Å². The van der Waals surface area contributed by atoms with E-state index >= 15 is 0 Å². The second kappa shape index (κ2) is 9.56. The molecular formula is C23H29N3O3. The second-order valence-electron chi connectivity index (χ2n) is 7.62. The van der Waals surface area contributed by atoms with Crippen LogP contribution in [0.25, 0.3) is 0 Å². The molecule has 0 bridgehead atoms. The number of carbonyl (C=O) groups excluding carboxylic acids is 1. The molecule has 1 aliphatic rings. The molecule has 1 unspecified atom stereocenters. The maximum atomic E-state index is 12.8. The number of anilines is 1. The van der Waals surface area contributed by atoms with Crippen molar-refractivity contribution in [3.8, 4) is 0 Å². The third-order valence-electron chi connectivity index (χ3n) is 5.51. The van der Waals surface area contributed by atoms with Gasteiger partial charge in [-0.25, -0.2) is 4.79 Å². The summed E-state index contributed by atoms with van der Waals surface area (Å²) in [4.78, 5) is 28.8. The van der Waals surface area contributed by atoms with Crippen molar-refractivity contribution in [1.82, 2.24) is 10.2 Å². The summed E-state index contributed by atoms with van der Waals surface area (Å²) in [7, 11) is 2.07. The Bertz CT molecular complexity index is 840. The number of aliphatic carboxylic acids is 1. The Morgan fingerprint density at radius 2 is 1.83 bits per heavy atom. The third kappa shape index (κ3) is 5.35. The Morgan fingerprint density at radius 3 is 2.52 bits per heavy atom. The van der Waals surface area contributed by atoms with Gasteiger partial charge in [-0.3, -0.25) is 9.69 Å². The number of carboxylic acids is 1. The molecule has 2 aromatic carbocycles. The summed E-state index contributed by atoms with van der Waals surface area (Å²) in [6, 6.07) is 16.9. The number of para-hydroxylation sites is 1. The molecule has 0 fully saturated rings. The van der Waals surface area contributed by atoms with E-state index in [4.69, 9.17) is 0 Å². The maximum absolute atomic E-state index is 12.8. The number of likely N-dealkylation sites (N-methyl/N-ethyl adjacent to an activating group) is 1. The molecule has 29 heavy (non-hydrogen) atoms. The highest BCUT2D eigenvalue weighted by Crippen LogP contribution is 2.26. The molecule has 0 saturated heterocycles. The Labute approximate surface area is 172 Å². The van der Waals surface area contributed by atoms with Crippen molar-refractivity contribution >= 4 is 17.6 Å². The molecule has 1 heterocycles. The van der Waals surface area contributed by atoms with Crippen molar-refractivity contribution in [2.24, 2.45) is 0 Å². The summed E-state index contributed by atoms with van der Waals surface area (Å²) in [6.07, 6.45) is 1.18. The van der Waals surface area contributed by atoms with E-state index in [0.29, 0.717) is 6.54 Å². The Morgan fingerprint density at radius 1 is 1.14 bits per heavy atom. The van der Waals surface area contributed by atoms with Gasteiger partial charge in [0.2, 0.25) is 5.91 Å². The van der Waals surface area contributed by atoms with E-state index in [1.165, 1.54) is 11.3 Å². The van der Waals surface area contributed by atoms with Crippen molar-refractivity contribution in [3.05, 3.63) is 65.7 Å². The number of hydrogen-bond acceptors (Lipinski definition) is 4. The average molecular weight is 396 g/mol. The SMILES string of the molecule is CCC1CN(C)c2ccccc2CN1CC(=O)N[C@@H](Cc1ccccc1)C(=O)O. The number of nitrogens with zero attached hydrogens (tertiary/aromatic N) is 2. The molecule has 0 spiro atoms. The van der Waals surface area contributed by atoms with Crippen LogP contribution < -0.4 is 10.2 Å². The van der Waals surface area contributed by atoms with Gasteiger partial charge in [0.25, 0.3) is 0 Å². The molecule has 2 aromatic rings. The smallest absolute Gasteiger partial charge is 0.326 e. The largest absolute Gasteiger partial charge is 0.480 e. The van der Waals surface area contributed by atoms with Crippen LogP contribution in [0.5, 0.6) is 0 Å². The van der Waals surface area contributed by atoms with Crippen LogP contribution in [0.1, 0.15) is 24.5 Å². The second-order valence-corrected chi connectivity index (χ2v) is 7.62. The fraction of sp³-hybridized carbons (Fsp3) is 0.391. The summed E-state index contributed by atoms with van der Waals surface area (Å²) in [5.41, 5.74) is 3.25. The molecule has 154 valence electrons. The Balaban J connectivity index is 1.69. The van der Waals surface area contributed by atoms with Crippen LogP contribution in [0, 0.1) is 0 Å². The lowest BCUT2D eigenvalue weighted by Gasteiger charge is -2.30. The third-order valence-corrected chi connectivity index (χ3v) is 5.51. The van der Waals surface area contributed by atoms with E-state index in [0.717, 1.165) is 18.5 Å². The van der Waals surface area contributed by atoms with Crippen molar-refractivity contribution in [2.45, 2.75) is 38.4 Å². The first-order valence-electron chi connectivity index (χ1n) is 10.1. The molecule has 0 aliphatic carbocycles. The number of amides is 1. The van der Waals surface area contributed by atoms with E-state index in [-0.39, 0.29) is 24.9 Å². The maximum Gasteiger partial charge on any atom is 0.326 e. The van der Waals surface area contributed by atoms with Gasteiger partial charge in [0, 0.05) is 38.3 Å². The summed E-state index contributed by atoms with van der Waals surface area (Å²) in [5.74, 6) is -1.27. The van der Waals surface area contributed by atoms with Gasteiger partial charge in [-0.1, -0.05) is 55.5 Å². The van der Waals surface area contributed by atoms with Crippen LogP contribution in [0.15, 0.2) is 54.6 Å². The van der Waals surface area contributed by atoms with E-state index < -0.39 is 12.0 Å². The Kier molecular flexibility index (Phi) is 6.88. The van der Waals surface area contributed by atoms with Crippen LogP contribution in [0.2, 0.25) is 0 Å². The van der Waals surface area contributed by atoms with E-state index in [9.17, 15) is 14.7 Å². The normalized spacial score (nSPS) is 17.9. The summed E-state index contributed by atoms with van der Waals surface area (Å²) in [5, 5.41) is 12.3. The van der Waals surface area contributed by atoms with E-state index in [1.54, 1.807) is 0 Å². The molecule has 6 heteroatoms. The number of nitrogens with one attached hydrogen (secondary N) is 1. The van der Waals surface area contributed by atoms with Gasteiger partial charge in [0.15, 0.2) is 0 Å². The van der Waals surface area contributed by atoms with Crippen LogP contribution in [-0.2, 0) is 22.6 Å². The highest BCUT2D eigenvalue weighted by Gasteiger charge is 2.28. The molecule has 2 N–H and O–H groups in total. The zero-order valence-corrected chi connectivity index (χ0v) is 17.0. The average Bonchev–Trinajstić information content (AvgIpc) is 2.84. The van der Waals surface area contributed by atoms with E-state index in [1.807, 2.05) is 42.5 Å². The van der Waals surface area contributed by atoms with Crippen LogP contribution >= 0.6 is 0 Å². The van der Waals surface area contributed by atoms with Crippen molar-refractivity contribution in [1.29, 1.82) is 0 Å². The minimum atomic E-state index is -1.02. The fourth-order valence-corrected chi connectivity index (χ4v) is 3.94. The molecule has 0 aromatic heterocycles. The van der Waals surface area contributed by atoms with Crippen LogP contribution in [-0.4, -0.2) is 54.1 Å². The van der Waals surface area contributed by atoms with Crippen molar-refractivity contribution in [2.75, 3.05) is 25.0 Å². The first kappa shape index (κ1) is 20.9. The quantitative estimate of drug-likeness (QED) is 0.754. The predicted molar refractivity (Wildman–Crippen MR) is 114 cm³/mol. The number of benzene rings is 2. The fourth-order valence-electron chi connectivity index (χ4n) is 3.94. The summed E-state index contributed by atoms with van der Waals surface area (Å²) in [6.45, 7) is 3.80. The zero-order chi connectivity index (χ0) is 20.8. The van der Waals surface area contributed by atoms with Crippen molar-refractivity contribution < 1.29 is 14.7 Å². The van der Waals surface area contributed by atoms with Gasteiger partial charge < -0.3 is 15.3 Å². The minimum absolute atomic E-state index is 0.180. The van der Waals surface area contributed by atoms with Gasteiger partial charge in [-0.05, 0) is 23.6 Å². The lowest BCUT2D eigenvalue weighted by atomic mass is 10.1. The molecule has 3 rings (SSSR count). The van der Waals surface area contributed by atoms with Gasteiger partial charge >= 0.3 is 5.97 Å². The molecule has 6 nitrogen and oxygen atoms in total. The van der Waals surface area contributed by atoms with Gasteiger partial charge in [-0.2, -0.15) is 0 Å². The first-order chi connectivity index (χ1) is 14.0. The molecule has 1 amide bonds. The van der Waals surface area contributed by atoms with E-state index in [2.05, 4.69) is 41.2 Å². The number of hydrogen-bond donors (Lipinski definition) is 2. The summed E-state index contributed by atoms with van der Waals surface area (Å²) < 4.78 is 0. The number of carbonyl (C=O) groups is 2. The highest BCUT2D eigenvalue weighted by atomic mass is 16.4. The lowest BCUT2D eigenvalue weighted by molar-refractivity contribution is -0.142. The summed E-state index contributed by atoms with van der Waals surface area (Å²) >= 11 is 0. The lowest BCUT2D eigenvalue weighted by Crippen LogP contribution is -2.49. The van der Waals surface area contributed by atoms with Crippen LogP contribution in [0.4, 0.5) is 5.69 Å². The van der Waals surface area contributed by atoms with Gasteiger partial charge in [0.05, 0.1) is 6.54 Å². The predicted octanol–water partition coefficient (Wildman–Crippen LogP) is 2.53. The van der Waals surface area contributed by atoms with Crippen LogP contribution in [0.3, 0.4) is 0 Å². The number of carboxylic acid groups (broad SMARTS) is 1. The number of fused-ring (bicyclic) bond motifs is 1. The molecule has 2 atom stereocenters. The standard InChI is InChI=1S/C23H29N3O3/c1-3-19-15-25(2)21-12-8-7-11-18(21)14-26(19)16-22(27)24-20(23(28)29)13-17-9-5-4-6-10-17/h4-12,19-20H,3,13-16H2,1-2H3,(H,24,27)(H,28,29)/t19?,20-/m0/s1. The van der Waals surface area contributed by atoms with Crippen molar-refractivity contribution in [3.63, 3.8) is 0 Å². The molecular weight excluding hydrogens is 366 g/mol. The Hall–Kier alpha value is -2.86. The zero-order valence-electron chi connectivity index (χ0n) is 17.0. The first-order valence-corrected chi connectivity index (χ1v) is 10.1. The topological polar surface area (TPSA) is 72.9 Å². The molecule has 0 saturated carbocycles. The molecule has 1 aliphatic heterocycles. The van der Waals surface area contributed by atoms with Gasteiger partial charge in [-0.15, -0.1) is 0 Å².